The number of hydrogen-bond donors (Lipinski definition) is 1. The third kappa shape index (κ3) is 4.60. The Labute approximate surface area is 81.2 Å². The average molecular weight is 186 g/mol. The Kier molecular flexibility index (Phi) is 4.70. The van der Waals surface area contributed by atoms with E-state index in [0.717, 1.165) is 26.1 Å². The van der Waals surface area contributed by atoms with E-state index in [-0.39, 0.29) is 0 Å². The zero-order valence-corrected chi connectivity index (χ0v) is 8.83. The van der Waals surface area contributed by atoms with Gasteiger partial charge in [-0.25, -0.2) is 0 Å². The van der Waals surface area contributed by atoms with Crippen LogP contribution in [0.4, 0.5) is 0 Å². The van der Waals surface area contributed by atoms with Gasteiger partial charge in [0.2, 0.25) is 0 Å². The van der Waals surface area contributed by atoms with Crippen molar-refractivity contribution in [3.63, 3.8) is 0 Å². The molecule has 0 amide bonds. The van der Waals surface area contributed by atoms with E-state index in [0.29, 0.717) is 12.1 Å². The topological polar surface area (TPSA) is 38.5 Å². The van der Waals surface area contributed by atoms with E-state index in [1.165, 1.54) is 12.8 Å². The second kappa shape index (κ2) is 5.58. The van der Waals surface area contributed by atoms with Crippen LogP contribution < -0.4 is 5.73 Å². The molecule has 2 unspecified atom stereocenters. The minimum atomic E-state index is 0.312. The predicted octanol–water partition coefficient (Wildman–Crippen LogP) is 0.834. The Morgan fingerprint density at radius 1 is 1.62 bits per heavy atom. The number of hydrogen-bond acceptors (Lipinski definition) is 3. The van der Waals surface area contributed by atoms with Crippen molar-refractivity contribution in [2.24, 2.45) is 5.73 Å². The van der Waals surface area contributed by atoms with Gasteiger partial charge in [0, 0.05) is 19.2 Å². The molecule has 2 N–H and O–H groups in total. The van der Waals surface area contributed by atoms with Crippen molar-refractivity contribution in [1.82, 2.24) is 4.90 Å². The lowest BCUT2D eigenvalue weighted by Gasteiger charge is -2.21. The molecule has 78 valence electrons. The molecule has 1 heterocycles. The lowest BCUT2D eigenvalue weighted by Crippen LogP contribution is -2.32. The fourth-order valence-corrected chi connectivity index (χ4v) is 1.65. The summed E-state index contributed by atoms with van der Waals surface area (Å²) in [6.45, 7) is 5.15. The summed E-state index contributed by atoms with van der Waals surface area (Å²) in [5, 5.41) is 0. The Morgan fingerprint density at radius 2 is 2.38 bits per heavy atom. The summed E-state index contributed by atoms with van der Waals surface area (Å²) >= 11 is 0. The van der Waals surface area contributed by atoms with Crippen LogP contribution in [0.15, 0.2) is 0 Å². The molecule has 3 nitrogen and oxygen atoms in total. The highest BCUT2D eigenvalue weighted by atomic mass is 16.5. The molecule has 13 heavy (non-hydrogen) atoms. The van der Waals surface area contributed by atoms with Crippen LogP contribution in [-0.2, 0) is 4.74 Å². The monoisotopic (exact) mass is 186 g/mol. The third-order valence-corrected chi connectivity index (χ3v) is 2.51. The summed E-state index contributed by atoms with van der Waals surface area (Å²) in [5.41, 5.74) is 5.69. The molecule has 0 aromatic carbocycles. The third-order valence-electron chi connectivity index (χ3n) is 2.51. The van der Waals surface area contributed by atoms with E-state index in [1.807, 2.05) is 0 Å². The van der Waals surface area contributed by atoms with Gasteiger partial charge in [-0.3, -0.25) is 0 Å². The highest BCUT2D eigenvalue weighted by molar-refractivity contribution is 4.69. The molecule has 3 heteroatoms. The van der Waals surface area contributed by atoms with Crippen LogP contribution in [-0.4, -0.2) is 43.8 Å². The highest BCUT2D eigenvalue weighted by Crippen LogP contribution is 2.12. The van der Waals surface area contributed by atoms with E-state index >= 15 is 0 Å². The highest BCUT2D eigenvalue weighted by Gasteiger charge is 2.16. The number of nitrogens with two attached hydrogens (primary N) is 1. The number of nitrogens with zero attached hydrogens (tertiary/aromatic N) is 1. The molecule has 0 aromatic rings. The Bertz CT molecular complexity index is 133. The molecule has 1 rings (SSSR count). The van der Waals surface area contributed by atoms with Gasteiger partial charge in [-0.05, 0) is 39.8 Å². The number of ether oxygens (including phenoxy) is 1. The summed E-state index contributed by atoms with van der Waals surface area (Å²) in [6.07, 6.45) is 4.00. The van der Waals surface area contributed by atoms with Crippen LogP contribution in [0.3, 0.4) is 0 Å². The van der Waals surface area contributed by atoms with Crippen molar-refractivity contribution in [3.05, 3.63) is 0 Å². The zero-order chi connectivity index (χ0) is 9.68. The molecule has 0 radical (unpaired) electrons. The predicted molar refractivity (Wildman–Crippen MR) is 54.7 cm³/mol. The molecule has 1 saturated heterocycles. The standard InChI is InChI=1S/C10H22N2O/c1-9(11)5-6-12(2)8-10-4-3-7-13-10/h9-10H,3-8,11H2,1-2H3. The maximum Gasteiger partial charge on any atom is 0.0702 e. The molecule has 0 spiro atoms. The molecular weight excluding hydrogens is 164 g/mol. The number of likely N-dealkylation sites (N-methyl/N-ethyl adjacent to an activating group) is 1. The Balaban J connectivity index is 2.05. The van der Waals surface area contributed by atoms with Crippen molar-refractivity contribution in [2.45, 2.75) is 38.3 Å². The van der Waals surface area contributed by atoms with Crippen LogP contribution in [0.1, 0.15) is 26.2 Å². The van der Waals surface area contributed by atoms with Gasteiger partial charge in [0.05, 0.1) is 6.10 Å². The van der Waals surface area contributed by atoms with Gasteiger partial charge in [0.15, 0.2) is 0 Å². The minimum Gasteiger partial charge on any atom is -0.377 e. The van der Waals surface area contributed by atoms with Crippen molar-refractivity contribution in [3.8, 4) is 0 Å². The van der Waals surface area contributed by atoms with Crippen LogP contribution in [0.5, 0.6) is 0 Å². The molecule has 0 aliphatic carbocycles. The second-order valence-corrected chi connectivity index (χ2v) is 4.16. The van der Waals surface area contributed by atoms with E-state index < -0.39 is 0 Å². The van der Waals surface area contributed by atoms with E-state index in [2.05, 4.69) is 18.9 Å². The Morgan fingerprint density at radius 3 is 2.92 bits per heavy atom. The van der Waals surface area contributed by atoms with Gasteiger partial charge in [0.1, 0.15) is 0 Å². The first-order valence-electron chi connectivity index (χ1n) is 5.24. The summed E-state index contributed by atoms with van der Waals surface area (Å²) in [6, 6.07) is 0.312. The fraction of sp³-hybridized carbons (Fsp3) is 1.00. The zero-order valence-electron chi connectivity index (χ0n) is 8.83. The molecule has 2 atom stereocenters. The molecule has 0 aromatic heterocycles. The van der Waals surface area contributed by atoms with Crippen molar-refractivity contribution in [1.29, 1.82) is 0 Å². The minimum absolute atomic E-state index is 0.312. The van der Waals surface area contributed by atoms with Crippen LogP contribution >= 0.6 is 0 Å². The van der Waals surface area contributed by atoms with Crippen molar-refractivity contribution >= 4 is 0 Å². The van der Waals surface area contributed by atoms with Gasteiger partial charge in [-0.1, -0.05) is 0 Å². The van der Waals surface area contributed by atoms with Crippen LogP contribution in [0.2, 0.25) is 0 Å². The number of rotatable bonds is 5. The first-order valence-corrected chi connectivity index (χ1v) is 5.24. The lowest BCUT2D eigenvalue weighted by atomic mass is 10.2. The molecule has 1 fully saturated rings. The first-order chi connectivity index (χ1) is 6.18. The van der Waals surface area contributed by atoms with Gasteiger partial charge in [-0.15, -0.1) is 0 Å². The van der Waals surface area contributed by atoms with Crippen LogP contribution in [0.25, 0.3) is 0 Å². The Hall–Kier alpha value is -0.120. The van der Waals surface area contributed by atoms with Crippen molar-refractivity contribution in [2.75, 3.05) is 26.7 Å². The maximum absolute atomic E-state index is 5.69. The molecule has 1 aliphatic heterocycles. The summed E-state index contributed by atoms with van der Waals surface area (Å²) < 4.78 is 5.56. The van der Waals surface area contributed by atoms with Crippen LogP contribution in [0, 0.1) is 0 Å². The SMILES string of the molecule is CC(N)CCN(C)CC1CCCO1. The van der Waals surface area contributed by atoms with Gasteiger partial charge in [0.25, 0.3) is 0 Å². The molecule has 1 aliphatic rings. The largest absolute Gasteiger partial charge is 0.377 e. The summed E-state index contributed by atoms with van der Waals surface area (Å²) in [4.78, 5) is 2.32. The molecule has 0 saturated carbocycles. The summed E-state index contributed by atoms with van der Waals surface area (Å²) in [5.74, 6) is 0. The van der Waals surface area contributed by atoms with Gasteiger partial charge >= 0.3 is 0 Å². The quantitative estimate of drug-likeness (QED) is 0.691. The van der Waals surface area contributed by atoms with E-state index in [1.54, 1.807) is 0 Å². The average Bonchev–Trinajstić information content (AvgIpc) is 2.53. The van der Waals surface area contributed by atoms with Crippen molar-refractivity contribution < 1.29 is 4.74 Å². The smallest absolute Gasteiger partial charge is 0.0702 e. The van der Waals surface area contributed by atoms with E-state index in [9.17, 15) is 0 Å². The molecule has 0 bridgehead atoms. The van der Waals surface area contributed by atoms with Gasteiger partial charge < -0.3 is 15.4 Å². The lowest BCUT2D eigenvalue weighted by molar-refractivity contribution is 0.0805. The normalized spacial score (nSPS) is 25.4. The van der Waals surface area contributed by atoms with E-state index in [4.69, 9.17) is 10.5 Å². The van der Waals surface area contributed by atoms with Gasteiger partial charge in [-0.2, -0.15) is 0 Å². The maximum atomic E-state index is 5.69. The summed E-state index contributed by atoms with van der Waals surface area (Å²) in [7, 11) is 2.14. The molecular formula is C10H22N2O. The fourth-order valence-electron chi connectivity index (χ4n) is 1.65. The first kappa shape index (κ1) is 11.0. The second-order valence-electron chi connectivity index (χ2n) is 4.16.